The molecule has 0 spiro atoms. The molecule has 2 aromatic carbocycles. The number of terminal acetylenes is 1. The Hall–Kier alpha value is -3.65. The zero-order valence-corrected chi connectivity index (χ0v) is 12.6. The second-order valence-electron chi connectivity index (χ2n) is 4.98. The summed E-state index contributed by atoms with van der Waals surface area (Å²) in [5.41, 5.74) is 1.63. The Bertz CT molecular complexity index is 985. The van der Waals surface area contributed by atoms with Crippen LogP contribution in [0.3, 0.4) is 0 Å². The van der Waals surface area contributed by atoms with Crippen LogP contribution in [-0.2, 0) is 0 Å². The predicted molar refractivity (Wildman–Crippen MR) is 92.2 cm³/mol. The van der Waals surface area contributed by atoms with Crippen LogP contribution in [-0.4, -0.2) is 15.7 Å². The highest BCUT2D eigenvalue weighted by Crippen LogP contribution is 2.11. The standard InChI is InChI=1S/C19H13N3O2/c1-2-14-7-6-8-15(13-14)20-19(24)17-11-12-18(23)22(21-17)16-9-4-3-5-10-16/h1,3-13H,(H,20,24). The van der Waals surface area contributed by atoms with Gasteiger partial charge in [0.1, 0.15) is 5.69 Å². The van der Waals surface area contributed by atoms with Gasteiger partial charge >= 0.3 is 0 Å². The van der Waals surface area contributed by atoms with Crippen LogP contribution in [0.2, 0.25) is 0 Å². The summed E-state index contributed by atoms with van der Waals surface area (Å²) in [5, 5.41) is 6.85. The number of rotatable bonds is 3. The van der Waals surface area contributed by atoms with Gasteiger partial charge in [0.25, 0.3) is 11.5 Å². The Morgan fingerprint density at radius 3 is 2.58 bits per heavy atom. The third-order valence-electron chi connectivity index (χ3n) is 3.32. The first-order valence-electron chi connectivity index (χ1n) is 7.21. The summed E-state index contributed by atoms with van der Waals surface area (Å²) in [7, 11) is 0. The minimum atomic E-state index is -0.422. The zero-order chi connectivity index (χ0) is 16.9. The molecule has 1 heterocycles. The van der Waals surface area contributed by atoms with Crippen molar-refractivity contribution >= 4 is 11.6 Å². The lowest BCUT2D eigenvalue weighted by Gasteiger charge is -2.08. The zero-order valence-electron chi connectivity index (χ0n) is 12.6. The molecule has 1 amide bonds. The van der Waals surface area contributed by atoms with Gasteiger partial charge in [0.05, 0.1) is 5.69 Å². The van der Waals surface area contributed by atoms with Crippen molar-refractivity contribution < 1.29 is 4.79 Å². The van der Waals surface area contributed by atoms with Crippen LogP contribution < -0.4 is 10.9 Å². The number of carbonyl (C=O) groups is 1. The van der Waals surface area contributed by atoms with Crippen molar-refractivity contribution in [3.63, 3.8) is 0 Å². The molecule has 1 aromatic heterocycles. The molecule has 5 nitrogen and oxygen atoms in total. The molecule has 0 saturated heterocycles. The van der Waals surface area contributed by atoms with Gasteiger partial charge in [-0.3, -0.25) is 9.59 Å². The topological polar surface area (TPSA) is 64.0 Å². The highest BCUT2D eigenvalue weighted by molar-refractivity contribution is 6.02. The molecular formula is C19H13N3O2. The molecule has 5 heteroatoms. The van der Waals surface area contributed by atoms with Crippen LogP contribution in [0.25, 0.3) is 5.69 Å². The van der Waals surface area contributed by atoms with E-state index >= 15 is 0 Å². The maximum absolute atomic E-state index is 12.4. The Labute approximate surface area is 138 Å². The highest BCUT2D eigenvalue weighted by atomic mass is 16.2. The first-order valence-corrected chi connectivity index (χ1v) is 7.21. The van der Waals surface area contributed by atoms with Crippen molar-refractivity contribution in [2.45, 2.75) is 0 Å². The third-order valence-corrected chi connectivity index (χ3v) is 3.32. The molecule has 0 aliphatic carbocycles. The quantitative estimate of drug-likeness (QED) is 0.755. The Kier molecular flexibility index (Phi) is 4.21. The van der Waals surface area contributed by atoms with Crippen LogP contribution in [0.4, 0.5) is 5.69 Å². The van der Waals surface area contributed by atoms with E-state index in [-0.39, 0.29) is 11.3 Å². The number of carbonyl (C=O) groups excluding carboxylic acids is 1. The lowest BCUT2D eigenvalue weighted by atomic mass is 10.2. The SMILES string of the molecule is C#Cc1cccc(NC(=O)c2ccc(=O)n(-c3ccccc3)n2)c1. The van der Waals surface area contributed by atoms with Crippen molar-refractivity contribution in [2.75, 3.05) is 5.32 Å². The number of hydrogen-bond donors (Lipinski definition) is 1. The largest absolute Gasteiger partial charge is 0.321 e. The maximum Gasteiger partial charge on any atom is 0.276 e. The lowest BCUT2D eigenvalue weighted by molar-refractivity contribution is 0.102. The minimum Gasteiger partial charge on any atom is -0.321 e. The molecule has 0 radical (unpaired) electrons. The third kappa shape index (κ3) is 3.23. The summed E-state index contributed by atoms with van der Waals surface area (Å²) in [4.78, 5) is 24.4. The van der Waals surface area contributed by atoms with Crippen molar-refractivity contribution in [3.05, 3.63) is 88.3 Å². The molecule has 0 unspecified atom stereocenters. The first-order chi connectivity index (χ1) is 11.7. The number of nitrogens with one attached hydrogen (secondary N) is 1. The maximum atomic E-state index is 12.4. The fraction of sp³-hybridized carbons (Fsp3) is 0. The van der Waals surface area contributed by atoms with Crippen molar-refractivity contribution in [1.82, 2.24) is 9.78 Å². The fourth-order valence-electron chi connectivity index (χ4n) is 2.17. The summed E-state index contributed by atoms with van der Waals surface area (Å²) in [6.45, 7) is 0. The molecule has 1 N–H and O–H groups in total. The molecule has 0 saturated carbocycles. The summed E-state index contributed by atoms with van der Waals surface area (Å²) in [6, 6.07) is 18.5. The summed E-state index contributed by atoms with van der Waals surface area (Å²) in [5.74, 6) is 2.08. The molecule has 0 aliphatic heterocycles. The smallest absolute Gasteiger partial charge is 0.276 e. The molecule has 116 valence electrons. The van der Waals surface area contributed by atoms with Crippen LogP contribution in [0.1, 0.15) is 16.1 Å². The molecule has 0 bridgehead atoms. The van der Waals surface area contributed by atoms with E-state index in [0.717, 1.165) is 0 Å². The molecular weight excluding hydrogens is 302 g/mol. The lowest BCUT2D eigenvalue weighted by Crippen LogP contribution is -2.24. The monoisotopic (exact) mass is 315 g/mol. The van der Waals surface area contributed by atoms with Gasteiger partial charge in [-0.2, -0.15) is 9.78 Å². The van der Waals surface area contributed by atoms with E-state index in [1.54, 1.807) is 48.5 Å². The van der Waals surface area contributed by atoms with E-state index < -0.39 is 5.91 Å². The average Bonchev–Trinajstić information content (AvgIpc) is 2.63. The molecule has 0 atom stereocenters. The van der Waals surface area contributed by atoms with Crippen molar-refractivity contribution in [1.29, 1.82) is 0 Å². The number of hydrogen-bond acceptors (Lipinski definition) is 3. The number of nitrogens with zero attached hydrogens (tertiary/aromatic N) is 2. The number of aromatic nitrogens is 2. The van der Waals surface area contributed by atoms with E-state index in [2.05, 4.69) is 16.3 Å². The summed E-state index contributed by atoms with van der Waals surface area (Å²) in [6.07, 6.45) is 5.35. The van der Waals surface area contributed by atoms with E-state index in [1.165, 1.54) is 16.8 Å². The second-order valence-corrected chi connectivity index (χ2v) is 4.98. The summed E-state index contributed by atoms with van der Waals surface area (Å²) < 4.78 is 1.19. The van der Waals surface area contributed by atoms with Crippen LogP contribution in [0.5, 0.6) is 0 Å². The molecule has 0 aliphatic rings. The van der Waals surface area contributed by atoms with Crippen molar-refractivity contribution in [2.24, 2.45) is 0 Å². The molecule has 3 aromatic rings. The van der Waals surface area contributed by atoms with Gasteiger partial charge in [-0.1, -0.05) is 30.2 Å². The summed E-state index contributed by atoms with van der Waals surface area (Å²) >= 11 is 0. The van der Waals surface area contributed by atoms with Gasteiger partial charge < -0.3 is 5.32 Å². The van der Waals surface area contributed by atoms with Crippen molar-refractivity contribution in [3.8, 4) is 18.0 Å². The normalized spacial score (nSPS) is 9.96. The van der Waals surface area contributed by atoms with Gasteiger partial charge in [0, 0.05) is 17.3 Å². The van der Waals surface area contributed by atoms with Gasteiger partial charge in [0.15, 0.2) is 0 Å². The van der Waals surface area contributed by atoms with Gasteiger partial charge in [0.2, 0.25) is 0 Å². The Morgan fingerprint density at radius 2 is 1.83 bits per heavy atom. The van der Waals surface area contributed by atoms with E-state index in [1.807, 2.05) is 6.07 Å². The number of anilines is 1. The number of amides is 1. The number of benzene rings is 2. The van der Waals surface area contributed by atoms with E-state index in [9.17, 15) is 9.59 Å². The first kappa shape index (κ1) is 15.3. The second kappa shape index (κ2) is 6.63. The Morgan fingerprint density at radius 1 is 1.04 bits per heavy atom. The predicted octanol–water partition coefficient (Wildman–Crippen LogP) is 2.47. The van der Waals surface area contributed by atoms with Crippen LogP contribution in [0, 0.1) is 12.3 Å². The number of para-hydroxylation sites is 1. The van der Waals surface area contributed by atoms with Crippen LogP contribution in [0.15, 0.2) is 71.5 Å². The molecule has 0 fully saturated rings. The molecule has 3 rings (SSSR count). The highest BCUT2D eigenvalue weighted by Gasteiger charge is 2.11. The average molecular weight is 315 g/mol. The van der Waals surface area contributed by atoms with Gasteiger partial charge in [-0.15, -0.1) is 6.42 Å². The van der Waals surface area contributed by atoms with E-state index in [0.29, 0.717) is 16.9 Å². The van der Waals surface area contributed by atoms with Gasteiger partial charge in [-0.25, -0.2) is 0 Å². The fourth-order valence-corrected chi connectivity index (χ4v) is 2.17. The van der Waals surface area contributed by atoms with Crippen LogP contribution >= 0.6 is 0 Å². The minimum absolute atomic E-state index is 0.129. The van der Waals surface area contributed by atoms with E-state index in [4.69, 9.17) is 6.42 Å². The Balaban J connectivity index is 1.91. The molecule has 24 heavy (non-hydrogen) atoms. The van der Waals surface area contributed by atoms with Gasteiger partial charge in [-0.05, 0) is 36.4 Å².